The summed E-state index contributed by atoms with van der Waals surface area (Å²) in [7, 11) is 1.68. The van der Waals surface area contributed by atoms with Gasteiger partial charge >= 0.3 is 0 Å². The van der Waals surface area contributed by atoms with E-state index in [9.17, 15) is 9.18 Å². The molecule has 1 aromatic heterocycles. The van der Waals surface area contributed by atoms with E-state index in [1.807, 2.05) is 0 Å². The lowest BCUT2D eigenvalue weighted by molar-refractivity contribution is -0.127. The maximum atomic E-state index is 13.6. The minimum Gasteiger partial charge on any atom is -0.341 e. The van der Waals surface area contributed by atoms with Crippen LogP contribution < -0.4 is 0 Å². The summed E-state index contributed by atoms with van der Waals surface area (Å²) in [6.07, 6.45) is 4.80. The molecule has 7 heteroatoms. The van der Waals surface area contributed by atoms with Crippen LogP contribution >= 0.6 is 11.8 Å². The third-order valence-electron chi connectivity index (χ3n) is 4.34. The number of benzene rings is 1. The maximum Gasteiger partial charge on any atom is 0.233 e. The SMILES string of the molecule is CN(Cc1ccccc1F)C(=O)CSc1n[nH]c(C2CCCC2)n1. The number of amides is 1. The van der Waals surface area contributed by atoms with Gasteiger partial charge in [-0.05, 0) is 18.9 Å². The van der Waals surface area contributed by atoms with Crippen molar-refractivity contribution in [2.75, 3.05) is 12.8 Å². The molecule has 1 aliphatic rings. The first-order valence-corrected chi connectivity index (χ1v) is 9.14. The topological polar surface area (TPSA) is 61.9 Å². The third kappa shape index (κ3) is 4.14. The molecule has 0 spiro atoms. The van der Waals surface area contributed by atoms with E-state index in [1.165, 1.54) is 35.6 Å². The lowest BCUT2D eigenvalue weighted by atomic mass is 10.1. The van der Waals surface area contributed by atoms with Gasteiger partial charge in [-0.3, -0.25) is 9.89 Å². The van der Waals surface area contributed by atoms with E-state index in [1.54, 1.807) is 25.2 Å². The second kappa shape index (κ2) is 7.79. The lowest BCUT2D eigenvalue weighted by Crippen LogP contribution is -2.28. The summed E-state index contributed by atoms with van der Waals surface area (Å²) in [6, 6.07) is 6.50. The summed E-state index contributed by atoms with van der Waals surface area (Å²) < 4.78 is 13.6. The number of carbonyl (C=O) groups is 1. The summed E-state index contributed by atoms with van der Waals surface area (Å²) in [4.78, 5) is 18.2. The van der Waals surface area contributed by atoms with Crippen molar-refractivity contribution in [3.63, 3.8) is 0 Å². The number of rotatable bonds is 6. The van der Waals surface area contributed by atoms with E-state index in [4.69, 9.17) is 0 Å². The molecule has 0 bridgehead atoms. The van der Waals surface area contributed by atoms with Crippen LogP contribution in [0.15, 0.2) is 29.4 Å². The molecule has 3 rings (SSSR count). The number of H-pyrrole nitrogens is 1. The molecule has 128 valence electrons. The molecule has 1 fully saturated rings. The molecular formula is C17H21FN4OS. The van der Waals surface area contributed by atoms with E-state index in [0.29, 0.717) is 16.6 Å². The van der Waals surface area contributed by atoms with E-state index in [2.05, 4.69) is 15.2 Å². The van der Waals surface area contributed by atoms with Crippen molar-refractivity contribution in [1.82, 2.24) is 20.1 Å². The fourth-order valence-electron chi connectivity index (χ4n) is 2.91. The van der Waals surface area contributed by atoms with Gasteiger partial charge in [-0.15, -0.1) is 5.10 Å². The highest BCUT2D eigenvalue weighted by molar-refractivity contribution is 7.99. The van der Waals surface area contributed by atoms with Gasteiger partial charge in [0, 0.05) is 25.1 Å². The van der Waals surface area contributed by atoms with Crippen molar-refractivity contribution in [3.8, 4) is 0 Å². The Hall–Kier alpha value is -1.89. The highest BCUT2D eigenvalue weighted by atomic mass is 32.2. The quantitative estimate of drug-likeness (QED) is 0.813. The molecule has 0 atom stereocenters. The molecule has 2 aromatic rings. The molecule has 5 nitrogen and oxygen atoms in total. The second-order valence-electron chi connectivity index (χ2n) is 6.11. The number of nitrogens with zero attached hydrogens (tertiary/aromatic N) is 3. The Morgan fingerprint density at radius 2 is 2.12 bits per heavy atom. The van der Waals surface area contributed by atoms with Crippen LogP contribution in [0.3, 0.4) is 0 Å². The van der Waals surface area contributed by atoms with E-state index < -0.39 is 0 Å². The standard InChI is InChI=1S/C17H21FN4OS/c1-22(10-13-8-4-5-9-14(13)18)15(23)11-24-17-19-16(20-21-17)12-6-2-3-7-12/h4-5,8-9,12H,2-3,6-7,10-11H2,1H3,(H,19,20,21). The van der Waals surface area contributed by atoms with Crippen LogP contribution in [0, 0.1) is 5.82 Å². The summed E-state index contributed by atoms with van der Waals surface area (Å²) in [5, 5.41) is 7.78. The molecule has 24 heavy (non-hydrogen) atoms. The predicted molar refractivity (Wildman–Crippen MR) is 91.2 cm³/mol. The number of carbonyl (C=O) groups excluding carboxylic acids is 1. The molecule has 1 amide bonds. The van der Waals surface area contributed by atoms with Gasteiger partial charge in [-0.2, -0.15) is 0 Å². The molecule has 1 saturated carbocycles. The van der Waals surface area contributed by atoms with Crippen molar-refractivity contribution in [2.24, 2.45) is 0 Å². The smallest absolute Gasteiger partial charge is 0.233 e. The lowest BCUT2D eigenvalue weighted by Gasteiger charge is -2.17. The maximum absolute atomic E-state index is 13.6. The summed E-state index contributed by atoms with van der Waals surface area (Å²) in [6.45, 7) is 0.257. The largest absolute Gasteiger partial charge is 0.341 e. The van der Waals surface area contributed by atoms with Crippen molar-refractivity contribution in [1.29, 1.82) is 0 Å². The average Bonchev–Trinajstić information content (AvgIpc) is 3.25. The molecule has 1 aromatic carbocycles. The first-order valence-electron chi connectivity index (χ1n) is 8.16. The monoisotopic (exact) mass is 348 g/mol. The van der Waals surface area contributed by atoms with Crippen molar-refractivity contribution >= 4 is 17.7 Å². The van der Waals surface area contributed by atoms with Crippen LogP contribution in [0.25, 0.3) is 0 Å². The van der Waals surface area contributed by atoms with Crippen molar-refractivity contribution in [3.05, 3.63) is 41.5 Å². The summed E-state index contributed by atoms with van der Waals surface area (Å²) >= 11 is 1.31. The second-order valence-corrected chi connectivity index (χ2v) is 7.06. The highest BCUT2D eigenvalue weighted by Gasteiger charge is 2.21. The average molecular weight is 348 g/mol. The van der Waals surface area contributed by atoms with Crippen LogP contribution in [-0.2, 0) is 11.3 Å². The zero-order valence-corrected chi connectivity index (χ0v) is 14.5. The number of aromatic nitrogens is 3. The summed E-state index contributed by atoms with van der Waals surface area (Å²) in [5.41, 5.74) is 0.514. The molecule has 0 unspecified atom stereocenters. The van der Waals surface area contributed by atoms with E-state index in [0.717, 1.165) is 18.7 Å². The molecule has 1 heterocycles. The van der Waals surface area contributed by atoms with Crippen molar-refractivity contribution < 1.29 is 9.18 Å². The Morgan fingerprint density at radius 3 is 2.88 bits per heavy atom. The molecule has 1 aliphatic carbocycles. The predicted octanol–water partition coefficient (Wildman–Crippen LogP) is 3.35. The van der Waals surface area contributed by atoms with Gasteiger partial charge in [0.1, 0.15) is 11.6 Å². The Kier molecular flexibility index (Phi) is 5.50. The van der Waals surface area contributed by atoms with Crippen LogP contribution in [-0.4, -0.2) is 38.8 Å². The molecular weight excluding hydrogens is 327 g/mol. The molecule has 0 saturated heterocycles. The van der Waals surface area contributed by atoms with Gasteiger partial charge in [0.05, 0.1) is 5.75 Å². The van der Waals surface area contributed by atoms with Gasteiger partial charge in [0.25, 0.3) is 0 Å². The number of hydrogen-bond acceptors (Lipinski definition) is 4. The first kappa shape index (κ1) is 17.0. The first-order chi connectivity index (χ1) is 11.6. The minimum absolute atomic E-state index is 0.0736. The fourth-order valence-corrected chi connectivity index (χ4v) is 3.66. The van der Waals surface area contributed by atoms with Crippen molar-refractivity contribution in [2.45, 2.75) is 43.3 Å². The molecule has 0 aliphatic heterocycles. The Labute approximate surface area is 145 Å². The summed E-state index contributed by atoms with van der Waals surface area (Å²) in [5.74, 6) is 1.29. The number of hydrogen-bond donors (Lipinski definition) is 1. The van der Waals surface area contributed by atoms with E-state index >= 15 is 0 Å². The Bertz CT molecular complexity index is 699. The number of thioether (sulfide) groups is 1. The highest BCUT2D eigenvalue weighted by Crippen LogP contribution is 2.32. The van der Waals surface area contributed by atoms with Crippen LogP contribution in [0.5, 0.6) is 0 Å². The Balaban J connectivity index is 1.50. The number of aromatic amines is 1. The fraction of sp³-hybridized carbons (Fsp3) is 0.471. The molecule has 1 N–H and O–H groups in total. The number of nitrogens with one attached hydrogen (secondary N) is 1. The zero-order chi connectivity index (χ0) is 16.9. The van der Waals surface area contributed by atoms with Crippen LogP contribution in [0.1, 0.15) is 43.0 Å². The van der Waals surface area contributed by atoms with Gasteiger partial charge in [-0.1, -0.05) is 42.8 Å². The Morgan fingerprint density at radius 1 is 1.38 bits per heavy atom. The molecule has 0 radical (unpaired) electrons. The normalized spacial score (nSPS) is 14.9. The minimum atomic E-state index is -0.292. The van der Waals surface area contributed by atoms with Crippen LogP contribution in [0.4, 0.5) is 4.39 Å². The van der Waals surface area contributed by atoms with Gasteiger partial charge < -0.3 is 4.90 Å². The zero-order valence-electron chi connectivity index (χ0n) is 13.7. The van der Waals surface area contributed by atoms with Gasteiger partial charge in [-0.25, -0.2) is 9.37 Å². The van der Waals surface area contributed by atoms with E-state index in [-0.39, 0.29) is 24.0 Å². The van der Waals surface area contributed by atoms with Gasteiger partial charge in [0.2, 0.25) is 11.1 Å². The van der Waals surface area contributed by atoms with Crippen LogP contribution in [0.2, 0.25) is 0 Å². The van der Waals surface area contributed by atoms with Gasteiger partial charge in [0.15, 0.2) is 0 Å². The third-order valence-corrected chi connectivity index (χ3v) is 5.17. The number of halogens is 1.